The summed E-state index contributed by atoms with van der Waals surface area (Å²) in [6, 6.07) is 9.42. The predicted molar refractivity (Wildman–Crippen MR) is 156 cm³/mol. The molecule has 0 amide bonds. The Morgan fingerprint density at radius 1 is 1.18 bits per heavy atom. The van der Waals surface area contributed by atoms with Gasteiger partial charge in [0.25, 0.3) is 0 Å². The number of aliphatic imine (C=N–C) groups is 1. The van der Waals surface area contributed by atoms with E-state index in [-0.39, 0.29) is 5.41 Å². The number of hydrogen-bond donors (Lipinski definition) is 2. The minimum Gasteiger partial charge on any atom is -0.396 e. The number of aliphatic hydroxyl groups excluding tert-OH is 1. The van der Waals surface area contributed by atoms with Gasteiger partial charge in [0.1, 0.15) is 0 Å². The Balaban J connectivity index is 0.000000353. The van der Waals surface area contributed by atoms with E-state index in [0.717, 1.165) is 61.5 Å². The van der Waals surface area contributed by atoms with Crippen LogP contribution in [-0.4, -0.2) is 45.3 Å². The highest BCUT2D eigenvalue weighted by atomic mass is 19.1. The van der Waals surface area contributed by atoms with Gasteiger partial charge < -0.3 is 19.7 Å². The van der Waals surface area contributed by atoms with E-state index >= 15 is 0 Å². The summed E-state index contributed by atoms with van der Waals surface area (Å²) < 4.78 is 21.4. The van der Waals surface area contributed by atoms with E-state index in [0.29, 0.717) is 18.1 Å². The monoisotopic (exact) mass is 535 g/mol. The number of halogens is 1. The van der Waals surface area contributed by atoms with Crippen molar-refractivity contribution < 1.29 is 14.2 Å². The Morgan fingerprint density at radius 2 is 2.00 bits per heavy atom. The van der Waals surface area contributed by atoms with Crippen LogP contribution in [0.3, 0.4) is 0 Å². The standard InChI is InChI=1S/C23H26FN5.C8H16O2/c1-4-6-9-21(20-10-7-8-13-26-20)28-23(22-17(5-2)12-15-29(22)3)27-19-11-14-25-16-18(19)24;1-2-3-4-8(5-9)6-10-7-8/h7-16H,4-6H2,1-3H3,(H,25,27,28);9H,2-7H2,1H3/b21-9+;. The second-order valence-corrected chi connectivity index (χ2v) is 9.94. The van der Waals surface area contributed by atoms with Gasteiger partial charge in [-0.2, -0.15) is 0 Å². The lowest BCUT2D eigenvalue weighted by atomic mass is 9.82. The van der Waals surface area contributed by atoms with Gasteiger partial charge in [0.15, 0.2) is 11.7 Å². The van der Waals surface area contributed by atoms with Crippen LogP contribution in [0.25, 0.3) is 5.70 Å². The first kappa shape index (κ1) is 30.2. The molecule has 0 atom stereocenters. The highest BCUT2D eigenvalue weighted by Gasteiger charge is 2.36. The fourth-order valence-electron chi connectivity index (χ4n) is 4.31. The highest BCUT2D eigenvalue weighted by Crippen LogP contribution is 2.32. The van der Waals surface area contributed by atoms with Crippen LogP contribution in [-0.2, 0) is 18.2 Å². The SMILES string of the molecule is CCC/C=C(/N=C(Nc1ccncc1F)c1c(CC)ccn1C)c1ccccn1.CCCCC1(CO)COC1. The summed E-state index contributed by atoms with van der Waals surface area (Å²) in [6.07, 6.45) is 14.8. The maximum atomic E-state index is 14.3. The van der Waals surface area contributed by atoms with Gasteiger partial charge in [-0.05, 0) is 49.1 Å². The first-order valence-corrected chi connectivity index (χ1v) is 13.9. The minimum atomic E-state index is -0.426. The van der Waals surface area contributed by atoms with Crippen LogP contribution in [0.1, 0.15) is 69.8 Å². The lowest BCUT2D eigenvalue weighted by molar-refractivity contribution is -0.141. The zero-order valence-electron chi connectivity index (χ0n) is 23.7. The first-order chi connectivity index (χ1) is 19.0. The summed E-state index contributed by atoms with van der Waals surface area (Å²) >= 11 is 0. The van der Waals surface area contributed by atoms with Crippen LogP contribution < -0.4 is 5.32 Å². The van der Waals surface area contributed by atoms with E-state index in [4.69, 9.17) is 14.8 Å². The third-order valence-corrected chi connectivity index (χ3v) is 6.79. The molecule has 0 aliphatic carbocycles. The predicted octanol–water partition coefficient (Wildman–Crippen LogP) is 6.40. The largest absolute Gasteiger partial charge is 0.396 e. The Morgan fingerprint density at radius 3 is 2.59 bits per heavy atom. The van der Waals surface area contributed by atoms with E-state index in [1.54, 1.807) is 18.5 Å². The number of aliphatic hydroxyl groups is 1. The quantitative estimate of drug-likeness (QED) is 0.219. The summed E-state index contributed by atoms with van der Waals surface area (Å²) in [7, 11) is 1.96. The molecule has 1 aliphatic rings. The summed E-state index contributed by atoms with van der Waals surface area (Å²) in [4.78, 5) is 13.2. The molecule has 1 saturated heterocycles. The van der Waals surface area contributed by atoms with Crippen LogP contribution in [0, 0.1) is 11.2 Å². The number of nitrogens with one attached hydrogen (secondary N) is 1. The molecule has 4 heterocycles. The molecule has 2 N–H and O–H groups in total. The fourth-order valence-corrected chi connectivity index (χ4v) is 4.31. The zero-order chi connectivity index (χ0) is 28.1. The van der Waals surface area contributed by atoms with E-state index < -0.39 is 5.82 Å². The third-order valence-electron chi connectivity index (χ3n) is 6.79. The second-order valence-electron chi connectivity index (χ2n) is 9.94. The van der Waals surface area contributed by atoms with Crippen molar-refractivity contribution in [1.29, 1.82) is 0 Å². The summed E-state index contributed by atoms with van der Waals surface area (Å²) in [5, 5.41) is 12.2. The molecule has 39 heavy (non-hydrogen) atoms. The van der Waals surface area contributed by atoms with Crippen LogP contribution in [0.2, 0.25) is 0 Å². The van der Waals surface area contributed by atoms with Crippen molar-refractivity contribution in [2.45, 2.75) is 59.3 Å². The number of anilines is 1. The van der Waals surface area contributed by atoms with Crippen molar-refractivity contribution in [2.24, 2.45) is 17.5 Å². The Hall–Kier alpha value is -3.36. The molecule has 0 spiro atoms. The number of nitrogens with zero attached hydrogens (tertiary/aromatic N) is 4. The van der Waals surface area contributed by atoms with Crippen LogP contribution >= 0.6 is 0 Å². The topological polar surface area (TPSA) is 84.6 Å². The van der Waals surface area contributed by atoms with Gasteiger partial charge in [-0.3, -0.25) is 9.97 Å². The van der Waals surface area contributed by atoms with Crippen LogP contribution in [0.15, 0.2) is 66.2 Å². The molecule has 0 unspecified atom stereocenters. The summed E-state index contributed by atoms with van der Waals surface area (Å²) in [5.74, 6) is 0.150. The zero-order valence-corrected chi connectivity index (χ0v) is 23.7. The Bertz CT molecular complexity index is 1210. The van der Waals surface area contributed by atoms with Crippen molar-refractivity contribution in [3.63, 3.8) is 0 Å². The number of aryl methyl sites for hydroxylation is 2. The number of aromatic nitrogens is 3. The average molecular weight is 536 g/mol. The normalized spacial score (nSPS) is 14.8. The van der Waals surface area contributed by atoms with E-state index in [9.17, 15) is 4.39 Å². The molecule has 1 aliphatic heterocycles. The molecule has 3 aromatic rings. The van der Waals surface area contributed by atoms with Crippen molar-refractivity contribution in [3.05, 3.63) is 84.0 Å². The van der Waals surface area contributed by atoms with Gasteiger partial charge in [0, 0.05) is 31.1 Å². The number of hydrogen-bond acceptors (Lipinski definition) is 5. The summed E-state index contributed by atoms with van der Waals surface area (Å²) in [5.41, 5.74) is 4.06. The Labute approximate surface area is 231 Å². The number of allylic oxidation sites excluding steroid dienone is 1. The number of pyridine rings is 2. The highest BCUT2D eigenvalue weighted by molar-refractivity contribution is 6.10. The molecule has 3 aromatic heterocycles. The third kappa shape index (κ3) is 8.31. The molecule has 1 fully saturated rings. The fraction of sp³-hybridized carbons (Fsp3) is 0.452. The maximum Gasteiger partial charge on any atom is 0.164 e. The van der Waals surface area contributed by atoms with Gasteiger partial charge in [0.2, 0.25) is 0 Å². The molecular formula is C31H42FN5O2. The maximum absolute atomic E-state index is 14.3. The lowest BCUT2D eigenvalue weighted by Crippen LogP contribution is -2.45. The molecule has 8 heteroatoms. The molecular weight excluding hydrogens is 493 g/mol. The van der Waals surface area contributed by atoms with Crippen LogP contribution in [0.4, 0.5) is 10.1 Å². The van der Waals surface area contributed by atoms with E-state index in [1.165, 1.54) is 19.0 Å². The van der Waals surface area contributed by atoms with Crippen molar-refractivity contribution in [3.8, 4) is 0 Å². The first-order valence-electron chi connectivity index (χ1n) is 13.9. The van der Waals surface area contributed by atoms with Crippen LogP contribution in [0.5, 0.6) is 0 Å². The number of unbranched alkanes of at least 4 members (excludes halogenated alkanes) is 2. The molecule has 7 nitrogen and oxygen atoms in total. The summed E-state index contributed by atoms with van der Waals surface area (Å²) in [6.45, 7) is 8.22. The number of ether oxygens (including phenoxy) is 1. The van der Waals surface area contributed by atoms with Crippen molar-refractivity contribution in [1.82, 2.24) is 14.5 Å². The van der Waals surface area contributed by atoms with Gasteiger partial charge in [-0.1, -0.05) is 52.2 Å². The van der Waals surface area contributed by atoms with Gasteiger partial charge in [-0.25, -0.2) is 9.38 Å². The van der Waals surface area contributed by atoms with Crippen molar-refractivity contribution in [2.75, 3.05) is 25.1 Å². The molecule has 210 valence electrons. The smallest absolute Gasteiger partial charge is 0.164 e. The number of amidine groups is 1. The molecule has 0 radical (unpaired) electrons. The van der Waals surface area contributed by atoms with E-state index in [1.807, 2.05) is 36.0 Å². The van der Waals surface area contributed by atoms with Gasteiger partial charge in [0.05, 0.1) is 48.8 Å². The average Bonchev–Trinajstić information content (AvgIpc) is 3.32. The molecule has 0 bridgehead atoms. The molecule has 0 saturated carbocycles. The molecule has 0 aromatic carbocycles. The van der Waals surface area contributed by atoms with Crippen molar-refractivity contribution >= 4 is 17.2 Å². The number of rotatable bonds is 11. The van der Waals surface area contributed by atoms with Gasteiger partial charge in [-0.15, -0.1) is 0 Å². The molecule has 4 rings (SSSR count). The second kappa shape index (κ2) is 15.3. The lowest BCUT2D eigenvalue weighted by Gasteiger charge is -2.39. The Kier molecular flexibility index (Phi) is 11.8. The van der Waals surface area contributed by atoms with Gasteiger partial charge >= 0.3 is 0 Å². The minimum absolute atomic E-state index is 0.149. The van der Waals surface area contributed by atoms with E-state index in [2.05, 4.69) is 48.2 Å².